The molecule has 6 heteroatoms. The summed E-state index contributed by atoms with van der Waals surface area (Å²) in [7, 11) is 0. The maximum Gasteiger partial charge on any atom is 0.251 e. The quantitative estimate of drug-likeness (QED) is 0.766. The summed E-state index contributed by atoms with van der Waals surface area (Å²) in [5, 5.41) is 3.66. The molecule has 0 spiro atoms. The van der Waals surface area contributed by atoms with Crippen molar-refractivity contribution in [3.63, 3.8) is 0 Å². The van der Waals surface area contributed by atoms with Crippen LogP contribution in [0, 0.1) is 5.92 Å². The molecule has 2 bridgehead atoms. The Bertz CT molecular complexity index is 751. The molecule has 4 saturated heterocycles. The van der Waals surface area contributed by atoms with Gasteiger partial charge in [-0.25, -0.2) is 0 Å². The van der Waals surface area contributed by atoms with Crippen LogP contribution in [0.15, 0.2) is 18.2 Å². The fourth-order valence-corrected chi connectivity index (χ4v) is 6.15. The lowest BCUT2D eigenvalue weighted by atomic mass is 9.82. The number of carbonyl (C=O) groups excluding carboxylic acids is 1. The third-order valence-corrected chi connectivity index (χ3v) is 8.04. The second-order valence-electron chi connectivity index (χ2n) is 9.66. The van der Waals surface area contributed by atoms with E-state index < -0.39 is 0 Å². The molecule has 6 rings (SSSR count). The molecule has 0 aromatic heterocycles. The Balaban J connectivity index is 1.13. The molecule has 1 unspecified atom stereocenters. The zero-order valence-electron chi connectivity index (χ0n) is 17.8. The van der Waals surface area contributed by atoms with Crippen molar-refractivity contribution in [1.29, 1.82) is 0 Å². The number of carbonyl (C=O) groups is 1. The Hall–Kier alpha value is -1.30. The van der Waals surface area contributed by atoms with Gasteiger partial charge in [0.1, 0.15) is 11.9 Å². The SMILES string of the molecule is O=C(NC1CCCC1)c1ccc(OC2CCN(C3CN4CCC3CC4)CC2)c(Cl)c1. The molecule has 1 aromatic carbocycles. The zero-order chi connectivity index (χ0) is 20.5. The molecule has 1 N–H and O–H groups in total. The molecule has 1 saturated carbocycles. The second-order valence-corrected chi connectivity index (χ2v) is 10.1. The van der Waals surface area contributed by atoms with Crippen LogP contribution < -0.4 is 10.1 Å². The summed E-state index contributed by atoms with van der Waals surface area (Å²) >= 11 is 6.48. The zero-order valence-corrected chi connectivity index (χ0v) is 18.6. The van der Waals surface area contributed by atoms with E-state index in [0.29, 0.717) is 22.4 Å². The maximum absolute atomic E-state index is 12.5. The molecule has 1 amide bonds. The highest BCUT2D eigenvalue weighted by Crippen LogP contribution is 2.34. The van der Waals surface area contributed by atoms with Gasteiger partial charge in [-0.15, -0.1) is 0 Å². The van der Waals surface area contributed by atoms with Gasteiger partial charge in [0.2, 0.25) is 0 Å². The summed E-state index contributed by atoms with van der Waals surface area (Å²) in [6.45, 7) is 6.08. The average Bonchev–Trinajstić information content (AvgIpc) is 3.29. The van der Waals surface area contributed by atoms with Gasteiger partial charge in [-0.3, -0.25) is 9.69 Å². The summed E-state index contributed by atoms with van der Waals surface area (Å²) in [6, 6.07) is 6.52. The van der Waals surface area contributed by atoms with E-state index in [1.165, 1.54) is 45.3 Å². The minimum absolute atomic E-state index is 0.0267. The summed E-state index contributed by atoms with van der Waals surface area (Å²) in [5.41, 5.74) is 0.622. The van der Waals surface area contributed by atoms with Crippen LogP contribution >= 0.6 is 11.6 Å². The smallest absolute Gasteiger partial charge is 0.251 e. The van der Waals surface area contributed by atoms with Gasteiger partial charge in [-0.1, -0.05) is 24.4 Å². The van der Waals surface area contributed by atoms with Crippen LogP contribution in [0.4, 0.5) is 0 Å². The second kappa shape index (κ2) is 9.05. The highest BCUT2D eigenvalue weighted by molar-refractivity contribution is 6.32. The highest BCUT2D eigenvalue weighted by Gasteiger charge is 2.38. The van der Waals surface area contributed by atoms with Gasteiger partial charge >= 0.3 is 0 Å². The predicted octanol–water partition coefficient (Wildman–Crippen LogP) is 3.95. The van der Waals surface area contributed by atoms with Crippen LogP contribution in [-0.4, -0.2) is 66.6 Å². The van der Waals surface area contributed by atoms with E-state index in [0.717, 1.165) is 50.7 Å². The molecule has 4 heterocycles. The first-order chi connectivity index (χ1) is 14.7. The van der Waals surface area contributed by atoms with Crippen molar-refractivity contribution >= 4 is 17.5 Å². The van der Waals surface area contributed by atoms with Gasteiger partial charge in [-0.05, 0) is 75.7 Å². The number of ether oxygens (including phenoxy) is 1. The molecular formula is C24H34ClN3O2. The molecule has 4 aliphatic heterocycles. The van der Waals surface area contributed by atoms with E-state index in [1.54, 1.807) is 6.07 Å². The van der Waals surface area contributed by atoms with Crippen molar-refractivity contribution in [2.45, 2.75) is 69.6 Å². The van der Waals surface area contributed by atoms with Gasteiger partial charge in [0, 0.05) is 37.3 Å². The first kappa shape index (κ1) is 20.6. The maximum atomic E-state index is 12.5. The third-order valence-electron chi connectivity index (χ3n) is 7.75. The lowest BCUT2D eigenvalue weighted by molar-refractivity contribution is -0.0178. The summed E-state index contributed by atoms with van der Waals surface area (Å²) in [5.74, 6) is 1.57. The molecule has 1 aromatic rings. The lowest BCUT2D eigenvalue weighted by Crippen LogP contribution is -2.59. The molecule has 5 nitrogen and oxygen atoms in total. The van der Waals surface area contributed by atoms with Crippen molar-refractivity contribution < 1.29 is 9.53 Å². The molecule has 1 aliphatic carbocycles. The normalized spacial score (nSPS) is 30.5. The van der Waals surface area contributed by atoms with E-state index >= 15 is 0 Å². The number of halogens is 1. The van der Waals surface area contributed by atoms with E-state index in [9.17, 15) is 4.79 Å². The number of nitrogens with one attached hydrogen (secondary N) is 1. The van der Waals surface area contributed by atoms with Crippen molar-refractivity contribution in [3.05, 3.63) is 28.8 Å². The number of likely N-dealkylation sites (tertiary alicyclic amines) is 1. The first-order valence-electron chi connectivity index (χ1n) is 11.9. The van der Waals surface area contributed by atoms with Crippen LogP contribution in [0.1, 0.15) is 61.7 Å². The fourth-order valence-electron chi connectivity index (χ4n) is 5.93. The standard InChI is InChI=1S/C24H34ClN3O2/c25-21-15-18(24(29)26-19-3-1-2-4-19)5-6-23(21)30-20-9-13-28(14-10-20)22-16-27-11-7-17(22)8-12-27/h5-6,15,17,19-20,22H,1-4,7-14,16H2,(H,26,29). The Morgan fingerprint density at radius 2 is 1.73 bits per heavy atom. The van der Waals surface area contributed by atoms with Crippen molar-refractivity contribution in [1.82, 2.24) is 15.1 Å². The van der Waals surface area contributed by atoms with Crippen LogP contribution in [-0.2, 0) is 0 Å². The van der Waals surface area contributed by atoms with Crippen LogP contribution in [0.5, 0.6) is 5.75 Å². The molecule has 5 fully saturated rings. The van der Waals surface area contributed by atoms with Gasteiger partial charge in [0.25, 0.3) is 5.91 Å². The van der Waals surface area contributed by atoms with Crippen molar-refractivity contribution in [2.24, 2.45) is 5.92 Å². The Morgan fingerprint density at radius 1 is 1.00 bits per heavy atom. The van der Waals surface area contributed by atoms with Gasteiger partial charge in [-0.2, -0.15) is 0 Å². The number of hydrogen-bond donors (Lipinski definition) is 1. The number of nitrogens with zero attached hydrogens (tertiary/aromatic N) is 2. The topological polar surface area (TPSA) is 44.8 Å². The molecular weight excluding hydrogens is 398 g/mol. The minimum Gasteiger partial charge on any atom is -0.489 e. The van der Waals surface area contributed by atoms with Crippen molar-refractivity contribution in [3.8, 4) is 5.75 Å². The third kappa shape index (κ3) is 4.49. The van der Waals surface area contributed by atoms with Gasteiger partial charge in [0.05, 0.1) is 5.02 Å². The number of hydrogen-bond acceptors (Lipinski definition) is 4. The summed E-state index contributed by atoms with van der Waals surface area (Å²) in [4.78, 5) is 17.8. The molecule has 30 heavy (non-hydrogen) atoms. The summed E-state index contributed by atoms with van der Waals surface area (Å²) < 4.78 is 6.25. The van der Waals surface area contributed by atoms with Crippen LogP contribution in [0.25, 0.3) is 0 Å². The Labute approximate surface area is 185 Å². The van der Waals surface area contributed by atoms with Crippen molar-refractivity contribution in [2.75, 3.05) is 32.7 Å². The minimum atomic E-state index is -0.0267. The predicted molar refractivity (Wildman–Crippen MR) is 119 cm³/mol. The van der Waals surface area contributed by atoms with E-state index in [1.807, 2.05) is 12.1 Å². The summed E-state index contributed by atoms with van der Waals surface area (Å²) in [6.07, 6.45) is 9.62. The largest absolute Gasteiger partial charge is 0.489 e. The monoisotopic (exact) mass is 431 g/mol. The average molecular weight is 432 g/mol. The number of piperidine rings is 4. The number of benzene rings is 1. The fraction of sp³-hybridized carbons (Fsp3) is 0.708. The molecule has 164 valence electrons. The number of rotatable bonds is 5. The van der Waals surface area contributed by atoms with Gasteiger partial charge < -0.3 is 15.0 Å². The number of fused-ring (bicyclic) bond motifs is 3. The van der Waals surface area contributed by atoms with Gasteiger partial charge in [0.15, 0.2) is 0 Å². The lowest BCUT2D eigenvalue weighted by Gasteiger charge is -2.50. The highest BCUT2D eigenvalue weighted by atomic mass is 35.5. The van der Waals surface area contributed by atoms with E-state index in [2.05, 4.69) is 15.1 Å². The van der Waals surface area contributed by atoms with Crippen LogP contribution in [0.2, 0.25) is 5.02 Å². The van der Waals surface area contributed by atoms with Crippen LogP contribution in [0.3, 0.4) is 0 Å². The molecule has 5 aliphatic rings. The Kier molecular flexibility index (Phi) is 6.22. The van der Waals surface area contributed by atoms with E-state index in [4.69, 9.17) is 16.3 Å². The molecule has 1 atom stereocenters. The van der Waals surface area contributed by atoms with E-state index in [-0.39, 0.29) is 12.0 Å². The molecule has 0 radical (unpaired) electrons. The first-order valence-corrected chi connectivity index (χ1v) is 12.3. The Morgan fingerprint density at radius 3 is 2.37 bits per heavy atom. The number of amides is 1.